The summed E-state index contributed by atoms with van der Waals surface area (Å²) in [5.41, 5.74) is 1.68. The number of hydrogen-bond donors (Lipinski definition) is 2. The molecule has 0 bridgehead atoms. The van der Waals surface area contributed by atoms with Gasteiger partial charge in [0.1, 0.15) is 17.7 Å². The Hall–Kier alpha value is -4.91. The van der Waals surface area contributed by atoms with Crippen LogP contribution < -0.4 is 10.6 Å². The first-order valence-corrected chi connectivity index (χ1v) is 14.7. The molecule has 2 atom stereocenters. The number of carbonyl (C=O) groups excluding carboxylic acids is 2. The maximum absolute atomic E-state index is 15.4. The fourth-order valence-corrected chi connectivity index (χ4v) is 6.20. The highest BCUT2D eigenvalue weighted by Crippen LogP contribution is 2.35. The van der Waals surface area contributed by atoms with Crippen molar-refractivity contribution in [1.82, 2.24) is 25.1 Å². The Bertz CT molecular complexity index is 1840. The Morgan fingerprint density at radius 1 is 1.09 bits per heavy atom. The van der Waals surface area contributed by atoms with E-state index in [1.54, 1.807) is 38.1 Å². The molecule has 43 heavy (non-hydrogen) atoms. The SMILES string of the molecule is Cc1ccc(S(=O)(=O)N2C=CNC(=O)[C@H]2CC(=O)N[C@H](C)c2ccc(-c3cccc(F)c3-c3nc(C)no3)cc2F)cc1. The van der Waals surface area contributed by atoms with Gasteiger partial charge < -0.3 is 15.2 Å². The molecule has 1 aliphatic heterocycles. The topological polar surface area (TPSA) is 134 Å². The maximum Gasteiger partial charge on any atom is 0.264 e. The van der Waals surface area contributed by atoms with Crippen LogP contribution in [0.15, 0.2) is 82.5 Å². The molecule has 2 N–H and O–H groups in total. The van der Waals surface area contributed by atoms with Crippen molar-refractivity contribution in [3.05, 3.63) is 102 Å². The molecule has 2 amide bonds. The number of aromatic nitrogens is 2. The normalized spacial score (nSPS) is 15.7. The molecule has 13 heteroatoms. The largest absolute Gasteiger partial charge is 0.349 e. The summed E-state index contributed by atoms with van der Waals surface area (Å²) in [7, 11) is -4.15. The Kier molecular flexibility index (Phi) is 8.09. The zero-order valence-corrected chi connectivity index (χ0v) is 24.2. The fourth-order valence-electron chi connectivity index (χ4n) is 4.75. The van der Waals surface area contributed by atoms with Crippen molar-refractivity contribution in [2.75, 3.05) is 0 Å². The molecule has 0 fully saturated rings. The standard InChI is InChI=1S/C30H27F2N5O5S/c1-17-7-10-21(11-8-17)43(40,41)37-14-13-33-29(39)26(37)16-27(38)34-18(2)22-12-9-20(15-25(22)32)23-5-4-6-24(31)28(23)30-35-19(3)36-42-30/h4-15,18,26H,16H2,1-3H3,(H,33,39)(H,34,38)/t18-,26-/m1/s1. The quantitative estimate of drug-likeness (QED) is 0.301. The van der Waals surface area contributed by atoms with Gasteiger partial charge in [0.2, 0.25) is 11.8 Å². The summed E-state index contributed by atoms with van der Waals surface area (Å²) in [4.78, 5) is 29.7. The third-order valence-corrected chi connectivity index (χ3v) is 8.74. The van der Waals surface area contributed by atoms with Crippen molar-refractivity contribution >= 4 is 21.8 Å². The van der Waals surface area contributed by atoms with Crippen LogP contribution in [-0.4, -0.2) is 40.7 Å². The number of nitrogens with zero attached hydrogens (tertiary/aromatic N) is 3. The predicted octanol–water partition coefficient (Wildman–Crippen LogP) is 4.53. The smallest absolute Gasteiger partial charge is 0.264 e. The van der Waals surface area contributed by atoms with Gasteiger partial charge in [-0.15, -0.1) is 0 Å². The number of benzene rings is 3. The zero-order chi connectivity index (χ0) is 30.9. The van der Waals surface area contributed by atoms with Gasteiger partial charge in [0, 0.05) is 18.0 Å². The van der Waals surface area contributed by atoms with E-state index in [9.17, 15) is 22.4 Å². The van der Waals surface area contributed by atoms with Crippen molar-refractivity contribution in [3.63, 3.8) is 0 Å². The van der Waals surface area contributed by atoms with Crippen LogP contribution in [0.1, 0.15) is 36.3 Å². The molecular weight excluding hydrogens is 580 g/mol. The van der Waals surface area contributed by atoms with Gasteiger partial charge in [-0.25, -0.2) is 17.2 Å². The molecule has 222 valence electrons. The summed E-state index contributed by atoms with van der Waals surface area (Å²) in [6.45, 7) is 4.95. The molecule has 5 rings (SSSR count). The first-order chi connectivity index (χ1) is 20.5. The lowest BCUT2D eigenvalue weighted by molar-refractivity contribution is -0.129. The van der Waals surface area contributed by atoms with Crippen LogP contribution in [0.2, 0.25) is 0 Å². The molecule has 0 spiro atoms. The molecule has 2 heterocycles. The first-order valence-electron chi connectivity index (χ1n) is 13.2. The average Bonchev–Trinajstić information content (AvgIpc) is 3.39. The molecule has 1 aromatic heterocycles. The maximum atomic E-state index is 15.4. The Balaban J connectivity index is 1.34. The molecule has 3 aromatic carbocycles. The highest BCUT2D eigenvalue weighted by Gasteiger charge is 2.37. The van der Waals surface area contributed by atoms with Gasteiger partial charge in [-0.1, -0.05) is 47.1 Å². The number of aryl methyl sites for hydroxylation is 2. The third-order valence-electron chi connectivity index (χ3n) is 6.94. The molecule has 0 aliphatic carbocycles. The number of sulfonamides is 1. The number of hydrogen-bond acceptors (Lipinski definition) is 7. The van der Waals surface area contributed by atoms with Gasteiger partial charge in [-0.2, -0.15) is 4.98 Å². The highest BCUT2D eigenvalue weighted by atomic mass is 32.2. The van der Waals surface area contributed by atoms with Crippen LogP contribution in [0.25, 0.3) is 22.6 Å². The van der Waals surface area contributed by atoms with E-state index in [1.165, 1.54) is 48.8 Å². The fraction of sp³-hybridized carbons (Fsp3) is 0.200. The third kappa shape index (κ3) is 6.02. The van der Waals surface area contributed by atoms with E-state index in [2.05, 4.69) is 20.8 Å². The van der Waals surface area contributed by atoms with E-state index in [1.807, 2.05) is 6.92 Å². The monoisotopic (exact) mass is 607 g/mol. The summed E-state index contributed by atoms with van der Waals surface area (Å²) < 4.78 is 62.7. The van der Waals surface area contributed by atoms with Crippen molar-refractivity contribution < 1.29 is 31.3 Å². The van der Waals surface area contributed by atoms with Gasteiger partial charge in [-0.3, -0.25) is 13.9 Å². The molecular formula is C30H27F2N5O5S. The second-order valence-electron chi connectivity index (χ2n) is 10.0. The van der Waals surface area contributed by atoms with Crippen LogP contribution in [0, 0.1) is 25.5 Å². The number of carbonyl (C=O) groups is 2. The Morgan fingerprint density at radius 3 is 2.51 bits per heavy atom. The highest BCUT2D eigenvalue weighted by molar-refractivity contribution is 7.89. The summed E-state index contributed by atoms with van der Waals surface area (Å²) in [6, 6.07) is 12.4. The molecule has 0 radical (unpaired) electrons. The van der Waals surface area contributed by atoms with E-state index >= 15 is 4.39 Å². The molecule has 4 aromatic rings. The second kappa shape index (κ2) is 11.8. The summed E-state index contributed by atoms with van der Waals surface area (Å²) in [5.74, 6) is -2.38. The van der Waals surface area contributed by atoms with Crippen molar-refractivity contribution in [2.24, 2.45) is 0 Å². The number of rotatable bonds is 8. The van der Waals surface area contributed by atoms with E-state index in [0.29, 0.717) is 17.0 Å². The van der Waals surface area contributed by atoms with Crippen LogP contribution in [0.3, 0.4) is 0 Å². The molecule has 10 nitrogen and oxygen atoms in total. The van der Waals surface area contributed by atoms with Crippen LogP contribution in [0.5, 0.6) is 0 Å². The molecule has 0 saturated heterocycles. The minimum atomic E-state index is -4.15. The Labute approximate surface area is 246 Å². The van der Waals surface area contributed by atoms with Gasteiger partial charge in [0.15, 0.2) is 5.82 Å². The lowest BCUT2D eigenvalue weighted by Gasteiger charge is -2.31. The van der Waals surface area contributed by atoms with E-state index in [-0.39, 0.29) is 21.9 Å². The lowest BCUT2D eigenvalue weighted by Crippen LogP contribution is -2.51. The number of halogens is 2. The van der Waals surface area contributed by atoms with Crippen LogP contribution in [0.4, 0.5) is 8.78 Å². The van der Waals surface area contributed by atoms with Gasteiger partial charge in [0.05, 0.1) is 22.9 Å². The summed E-state index contributed by atoms with van der Waals surface area (Å²) in [5, 5.41) is 8.77. The number of amides is 2. The van der Waals surface area contributed by atoms with Crippen molar-refractivity contribution in [1.29, 1.82) is 0 Å². The minimum Gasteiger partial charge on any atom is -0.349 e. The molecule has 1 aliphatic rings. The zero-order valence-electron chi connectivity index (χ0n) is 23.3. The summed E-state index contributed by atoms with van der Waals surface area (Å²) in [6.07, 6.45) is 1.86. The van der Waals surface area contributed by atoms with Crippen LogP contribution in [-0.2, 0) is 19.6 Å². The summed E-state index contributed by atoms with van der Waals surface area (Å²) >= 11 is 0. The van der Waals surface area contributed by atoms with E-state index < -0.39 is 52.0 Å². The first kappa shape index (κ1) is 29.6. The average molecular weight is 608 g/mol. The molecule has 0 saturated carbocycles. The van der Waals surface area contributed by atoms with Gasteiger partial charge in [0.25, 0.3) is 15.9 Å². The van der Waals surface area contributed by atoms with E-state index in [0.717, 1.165) is 9.87 Å². The van der Waals surface area contributed by atoms with Crippen molar-refractivity contribution in [3.8, 4) is 22.6 Å². The molecule has 0 unspecified atom stereocenters. The van der Waals surface area contributed by atoms with Crippen molar-refractivity contribution in [2.45, 2.75) is 44.2 Å². The van der Waals surface area contributed by atoms with Gasteiger partial charge >= 0.3 is 0 Å². The Morgan fingerprint density at radius 2 is 1.84 bits per heavy atom. The van der Waals surface area contributed by atoms with E-state index in [4.69, 9.17) is 4.52 Å². The number of nitrogens with one attached hydrogen (secondary N) is 2. The minimum absolute atomic E-state index is 0.0292. The second-order valence-corrected chi connectivity index (χ2v) is 11.9. The van der Waals surface area contributed by atoms with Crippen LogP contribution >= 0.6 is 0 Å². The van der Waals surface area contributed by atoms with Gasteiger partial charge in [-0.05, 0) is 56.2 Å². The lowest BCUT2D eigenvalue weighted by atomic mass is 9.96. The predicted molar refractivity (Wildman–Crippen MR) is 152 cm³/mol.